The molecule has 0 bridgehead atoms. The molecule has 15 nitrogen and oxygen atoms in total. The zero-order valence-corrected chi connectivity index (χ0v) is 19.0. The summed E-state index contributed by atoms with van der Waals surface area (Å²) in [6, 6.07) is 0. The van der Waals surface area contributed by atoms with Crippen LogP contribution in [0.3, 0.4) is 0 Å². The molecule has 0 aromatic heterocycles. The Labute approximate surface area is 204 Å². The van der Waals surface area contributed by atoms with E-state index in [2.05, 4.69) is 0 Å². The quantitative estimate of drug-likeness (QED) is 0.159. The molecule has 13 atom stereocenters. The molecule has 0 unspecified atom stereocenters. The lowest BCUT2D eigenvalue weighted by molar-refractivity contribution is -0.348. The zero-order chi connectivity index (χ0) is 26.5. The summed E-state index contributed by atoms with van der Waals surface area (Å²) in [7, 11) is 0. The van der Waals surface area contributed by atoms with Crippen LogP contribution in [0.2, 0.25) is 0 Å². The van der Waals surface area contributed by atoms with Gasteiger partial charge in [-0.3, -0.25) is 0 Å². The molecule has 9 N–H and O–H groups in total. The molecule has 0 aromatic rings. The van der Waals surface area contributed by atoms with Crippen molar-refractivity contribution >= 4 is 5.97 Å². The van der Waals surface area contributed by atoms with Gasteiger partial charge in [-0.15, -0.1) is 0 Å². The van der Waals surface area contributed by atoms with E-state index < -0.39 is 91.8 Å². The van der Waals surface area contributed by atoms with E-state index in [1.165, 1.54) is 13.0 Å². The summed E-state index contributed by atoms with van der Waals surface area (Å²) in [5, 5.41) is 90.3. The van der Waals surface area contributed by atoms with Crippen LogP contribution < -0.4 is 0 Å². The zero-order valence-electron chi connectivity index (χ0n) is 19.0. The minimum absolute atomic E-state index is 0.0116. The number of hydrogen-bond donors (Lipinski definition) is 9. The second-order valence-corrected chi connectivity index (χ2v) is 9.23. The third-order valence-corrected chi connectivity index (χ3v) is 6.79. The number of fused-ring (bicyclic) bond motifs is 1. The second-order valence-electron chi connectivity index (χ2n) is 9.23. The Morgan fingerprint density at radius 1 is 0.972 bits per heavy atom. The molecule has 4 rings (SSSR count). The predicted octanol–water partition coefficient (Wildman–Crippen LogP) is -4.74. The van der Waals surface area contributed by atoms with E-state index in [9.17, 15) is 50.8 Å². The smallest absolute Gasteiger partial charge is 0.335 e. The van der Waals surface area contributed by atoms with E-state index in [0.29, 0.717) is 5.57 Å². The lowest BCUT2D eigenvalue weighted by atomic mass is 9.86. The Morgan fingerprint density at radius 2 is 1.61 bits per heavy atom. The molecule has 3 heterocycles. The highest BCUT2D eigenvalue weighted by molar-refractivity contribution is 5.73. The topological polar surface area (TPSA) is 245 Å². The van der Waals surface area contributed by atoms with Crippen molar-refractivity contribution in [3.63, 3.8) is 0 Å². The minimum Gasteiger partial charge on any atom is -0.479 e. The van der Waals surface area contributed by atoms with Gasteiger partial charge in [0.15, 0.2) is 18.7 Å². The Balaban J connectivity index is 1.51. The largest absolute Gasteiger partial charge is 0.479 e. The average molecular weight is 522 g/mol. The number of allylic oxidation sites excluding steroid dienone is 1. The summed E-state index contributed by atoms with van der Waals surface area (Å²) in [5.41, 5.74) is -1.48. The molecular formula is C21H30O15. The second kappa shape index (κ2) is 10.2. The first-order valence-electron chi connectivity index (χ1n) is 11.2. The predicted molar refractivity (Wildman–Crippen MR) is 110 cm³/mol. The van der Waals surface area contributed by atoms with E-state index in [-0.39, 0.29) is 12.4 Å². The molecule has 36 heavy (non-hydrogen) atoms. The fourth-order valence-corrected chi connectivity index (χ4v) is 4.67. The van der Waals surface area contributed by atoms with Gasteiger partial charge in [0.2, 0.25) is 6.29 Å². The van der Waals surface area contributed by atoms with Crippen molar-refractivity contribution in [2.24, 2.45) is 5.92 Å². The Bertz CT molecular complexity index is 887. The van der Waals surface area contributed by atoms with Crippen LogP contribution in [-0.2, 0) is 28.5 Å². The van der Waals surface area contributed by atoms with Crippen molar-refractivity contribution in [3.8, 4) is 0 Å². The van der Waals surface area contributed by atoms with Gasteiger partial charge in [0.05, 0.1) is 19.1 Å². The molecule has 0 spiro atoms. The molecule has 4 aliphatic rings. The monoisotopic (exact) mass is 522 g/mol. The molecule has 1 aliphatic carbocycles. The lowest BCUT2D eigenvalue weighted by Crippen LogP contribution is -2.61. The van der Waals surface area contributed by atoms with Gasteiger partial charge >= 0.3 is 5.97 Å². The number of ether oxygens (including phenoxy) is 5. The normalized spacial score (nSPS) is 49.1. The third-order valence-electron chi connectivity index (χ3n) is 6.79. The van der Waals surface area contributed by atoms with E-state index in [1.807, 2.05) is 0 Å². The van der Waals surface area contributed by atoms with Gasteiger partial charge in [-0.05, 0) is 18.6 Å². The number of carboxylic acids is 1. The van der Waals surface area contributed by atoms with E-state index in [0.717, 1.165) is 0 Å². The van der Waals surface area contributed by atoms with Crippen LogP contribution in [0.1, 0.15) is 6.92 Å². The fourth-order valence-electron chi connectivity index (χ4n) is 4.67. The van der Waals surface area contributed by atoms with Crippen molar-refractivity contribution in [2.45, 2.75) is 80.2 Å². The van der Waals surface area contributed by atoms with E-state index in [4.69, 9.17) is 23.7 Å². The molecule has 0 aromatic carbocycles. The summed E-state index contributed by atoms with van der Waals surface area (Å²) in [5.74, 6) is -2.82. The van der Waals surface area contributed by atoms with Crippen molar-refractivity contribution in [2.75, 3.05) is 13.2 Å². The molecule has 0 amide bonds. The molecule has 2 saturated heterocycles. The molecule has 0 radical (unpaired) electrons. The standard InChI is InChI=1S/C21H30O15/c1-21(31)8(34-20-15(28)12(25)13(26)16(35-20)17(29)30)4-6-2-3-32-18(9(6)21)36-19-14(27)11(24)10(23)7(5-22)33-19/h2,4,7,9-16,18-20,22-28,31H,3,5H2,1H3,(H,29,30)/t7-,9-,10-,11+,12+,13+,14-,15-,16+,18+,19+,20-,21+/m1/s1. The van der Waals surface area contributed by atoms with Crippen LogP contribution in [-0.4, -0.2) is 138 Å². The summed E-state index contributed by atoms with van der Waals surface area (Å²) >= 11 is 0. The molecule has 0 saturated carbocycles. The first kappa shape index (κ1) is 27.3. The summed E-state index contributed by atoms with van der Waals surface area (Å²) in [4.78, 5) is 11.4. The van der Waals surface area contributed by atoms with Crippen molar-refractivity contribution < 1.29 is 74.4 Å². The van der Waals surface area contributed by atoms with Gasteiger partial charge in [-0.25, -0.2) is 4.79 Å². The third kappa shape index (κ3) is 4.66. The van der Waals surface area contributed by atoms with Gasteiger partial charge in [-0.1, -0.05) is 6.08 Å². The van der Waals surface area contributed by atoms with Crippen LogP contribution in [0, 0.1) is 5.92 Å². The fraction of sp³-hybridized carbons (Fsp3) is 0.762. The number of carbonyl (C=O) groups is 1. The number of aliphatic hydroxyl groups is 8. The van der Waals surface area contributed by atoms with Crippen LogP contribution in [0.4, 0.5) is 0 Å². The highest BCUT2D eigenvalue weighted by atomic mass is 16.8. The Morgan fingerprint density at radius 3 is 2.25 bits per heavy atom. The van der Waals surface area contributed by atoms with Gasteiger partial charge in [-0.2, -0.15) is 0 Å². The number of hydrogen-bond acceptors (Lipinski definition) is 14. The highest BCUT2D eigenvalue weighted by Gasteiger charge is 2.55. The Hall–Kier alpha value is -1.73. The number of aliphatic hydroxyl groups excluding tert-OH is 7. The maximum atomic E-state index is 11.4. The summed E-state index contributed by atoms with van der Waals surface area (Å²) < 4.78 is 27.3. The Kier molecular flexibility index (Phi) is 7.74. The summed E-state index contributed by atoms with van der Waals surface area (Å²) in [6.07, 6.45) is -15.5. The van der Waals surface area contributed by atoms with Crippen LogP contribution in [0.25, 0.3) is 0 Å². The van der Waals surface area contributed by atoms with Gasteiger partial charge in [0.1, 0.15) is 54.1 Å². The van der Waals surface area contributed by atoms with E-state index >= 15 is 0 Å². The maximum absolute atomic E-state index is 11.4. The maximum Gasteiger partial charge on any atom is 0.335 e. The van der Waals surface area contributed by atoms with Crippen molar-refractivity contribution in [3.05, 3.63) is 23.5 Å². The van der Waals surface area contributed by atoms with E-state index in [1.54, 1.807) is 6.08 Å². The van der Waals surface area contributed by atoms with Gasteiger partial charge in [0, 0.05) is 0 Å². The highest BCUT2D eigenvalue weighted by Crippen LogP contribution is 2.46. The lowest BCUT2D eigenvalue weighted by Gasteiger charge is -2.44. The average Bonchev–Trinajstić information content (AvgIpc) is 3.09. The van der Waals surface area contributed by atoms with Crippen molar-refractivity contribution in [1.82, 2.24) is 0 Å². The van der Waals surface area contributed by atoms with Crippen LogP contribution in [0.15, 0.2) is 23.5 Å². The molecular weight excluding hydrogens is 492 g/mol. The first-order chi connectivity index (χ1) is 16.9. The van der Waals surface area contributed by atoms with Crippen LogP contribution >= 0.6 is 0 Å². The van der Waals surface area contributed by atoms with Crippen LogP contribution in [0.5, 0.6) is 0 Å². The first-order valence-corrected chi connectivity index (χ1v) is 11.2. The number of carboxylic acid groups (broad SMARTS) is 1. The number of rotatable bonds is 6. The molecule has 15 heteroatoms. The number of aliphatic carboxylic acids is 1. The molecule has 3 aliphatic heterocycles. The molecule has 204 valence electrons. The summed E-state index contributed by atoms with van der Waals surface area (Å²) in [6.45, 7) is 0.615. The minimum atomic E-state index is -1.93. The molecule has 2 fully saturated rings. The van der Waals surface area contributed by atoms with Gasteiger partial charge in [0.25, 0.3) is 0 Å². The van der Waals surface area contributed by atoms with Gasteiger partial charge < -0.3 is 69.6 Å². The SMILES string of the molecule is C[C@]1(O)C(O[C@@H]2O[C@H](C(=O)O)[C@@H](O)[C@H](O)[C@H]2O)=CC2=CCO[C@@H](O[C@@H]3O[C@H](CO)[C@@H](O)[C@H](O)[C@H]3O)[C@@H]21. The van der Waals surface area contributed by atoms with Crippen molar-refractivity contribution in [1.29, 1.82) is 0 Å².